The number of pyridine rings is 1. The second kappa shape index (κ2) is 9.31. The standard InChI is InChI=1S/C25H22N4O3/c26-14-16-2-1-3-19(10-16)25(31)29-21-6-4-18-5-7-22(13-20(18)12-21)32-15-17-8-9-28-23(11-17)24(27)30/h1-3,5,7-11,13,21H,4,6,12,15H2,(H2,27,30)(H,29,31). The van der Waals surface area contributed by atoms with Crippen LogP contribution in [0, 0.1) is 11.3 Å². The molecule has 0 spiro atoms. The highest BCUT2D eigenvalue weighted by Gasteiger charge is 2.21. The molecule has 1 heterocycles. The quantitative estimate of drug-likeness (QED) is 0.628. The molecule has 1 aromatic heterocycles. The molecule has 0 aliphatic heterocycles. The topological polar surface area (TPSA) is 118 Å². The van der Waals surface area contributed by atoms with Gasteiger partial charge in [-0.2, -0.15) is 5.26 Å². The Morgan fingerprint density at radius 3 is 2.84 bits per heavy atom. The number of hydrogen-bond donors (Lipinski definition) is 2. The molecule has 0 saturated heterocycles. The Balaban J connectivity index is 1.40. The summed E-state index contributed by atoms with van der Waals surface area (Å²) in [5.74, 6) is -0.0335. The van der Waals surface area contributed by atoms with Gasteiger partial charge in [0.15, 0.2) is 0 Å². The average Bonchev–Trinajstić information content (AvgIpc) is 2.82. The van der Waals surface area contributed by atoms with E-state index in [4.69, 9.17) is 15.7 Å². The number of aryl methyl sites for hydroxylation is 1. The van der Waals surface area contributed by atoms with Crippen LogP contribution in [-0.2, 0) is 19.4 Å². The number of aromatic nitrogens is 1. The largest absolute Gasteiger partial charge is 0.489 e. The van der Waals surface area contributed by atoms with Crippen molar-refractivity contribution in [1.82, 2.24) is 10.3 Å². The van der Waals surface area contributed by atoms with Crippen LogP contribution in [0.15, 0.2) is 60.8 Å². The maximum atomic E-state index is 12.6. The molecular formula is C25H22N4O3. The van der Waals surface area contributed by atoms with E-state index in [2.05, 4.69) is 22.4 Å². The van der Waals surface area contributed by atoms with Gasteiger partial charge in [0.25, 0.3) is 11.8 Å². The van der Waals surface area contributed by atoms with Crippen LogP contribution in [0.25, 0.3) is 0 Å². The van der Waals surface area contributed by atoms with Gasteiger partial charge < -0.3 is 15.8 Å². The van der Waals surface area contributed by atoms with Crippen molar-refractivity contribution in [2.24, 2.45) is 5.73 Å². The molecule has 2 aromatic carbocycles. The molecule has 1 unspecified atom stereocenters. The fraction of sp³-hybridized carbons (Fsp3) is 0.200. The molecule has 7 heteroatoms. The summed E-state index contributed by atoms with van der Waals surface area (Å²) < 4.78 is 5.91. The van der Waals surface area contributed by atoms with Crippen LogP contribution in [0.1, 0.15) is 49.5 Å². The minimum Gasteiger partial charge on any atom is -0.489 e. The Bertz CT molecular complexity index is 1220. The summed E-state index contributed by atoms with van der Waals surface area (Å²) in [4.78, 5) is 27.8. The zero-order valence-corrected chi connectivity index (χ0v) is 17.4. The van der Waals surface area contributed by atoms with Crippen LogP contribution < -0.4 is 15.8 Å². The molecule has 3 N–H and O–H groups in total. The number of rotatable bonds is 6. The average molecular weight is 426 g/mol. The molecule has 3 aromatic rings. The molecular weight excluding hydrogens is 404 g/mol. The van der Waals surface area contributed by atoms with Gasteiger partial charge in [0.1, 0.15) is 18.1 Å². The summed E-state index contributed by atoms with van der Waals surface area (Å²) in [5.41, 5.74) is 9.62. The lowest BCUT2D eigenvalue weighted by molar-refractivity contribution is 0.0932. The zero-order chi connectivity index (χ0) is 22.5. The second-order valence-corrected chi connectivity index (χ2v) is 7.74. The Morgan fingerprint density at radius 1 is 1.16 bits per heavy atom. The number of hydrogen-bond acceptors (Lipinski definition) is 5. The first-order valence-electron chi connectivity index (χ1n) is 10.3. The van der Waals surface area contributed by atoms with Gasteiger partial charge in [-0.25, -0.2) is 0 Å². The first-order chi connectivity index (χ1) is 15.5. The first-order valence-corrected chi connectivity index (χ1v) is 10.3. The Hall–Kier alpha value is -4.18. The maximum Gasteiger partial charge on any atom is 0.267 e. The number of benzene rings is 2. The monoisotopic (exact) mass is 426 g/mol. The van der Waals surface area contributed by atoms with E-state index in [0.29, 0.717) is 17.5 Å². The van der Waals surface area contributed by atoms with E-state index in [9.17, 15) is 9.59 Å². The highest BCUT2D eigenvalue weighted by atomic mass is 16.5. The summed E-state index contributed by atoms with van der Waals surface area (Å²) in [7, 11) is 0. The van der Waals surface area contributed by atoms with Crippen molar-refractivity contribution >= 4 is 11.8 Å². The SMILES string of the molecule is N#Cc1cccc(C(=O)NC2CCc3ccc(OCc4ccnc(C(N)=O)c4)cc3C2)c1. The normalized spacial score (nSPS) is 14.7. The van der Waals surface area contributed by atoms with Gasteiger partial charge in [0, 0.05) is 17.8 Å². The summed E-state index contributed by atoms with van der Waals surface area (Å²) in [6, 6.07) is 18.1. The van der Waals surface area contributed by atoms with Gasteiger partial charge in [-0.05, 0) is 78.4 Å². The van der Waals surface area contributed by atoms with E-state index < -0.39 is 5.91 Å². The van der Waals surface area contributed by atoms with Crippen molar-refractivity contribution < 1.29 is 14.3 Å². The summed E-state index contributed by atoms with van der Waals surface area (Å²) in [6.45, 7) is 0.289. The van der Waals surface area contributed by atoms with E-state index in [1.54, 1.807) is 36.4 Å². The Kier molecular flexibility index (Phi) is 6.13. The lowest BCUT2D eigenvalue weighted by atomic mass is 9.88. The van der Waals surface area contributed by atoms with Gasteiger partial charge in [0.2, 0.25) is 0 Å². The highest BCUT2D eigenvalue weighted by molar-refractivity contribution is 5.94. The first kappa shape index (κ1) is 21.1. The molecule has 0 bridgehead atoms. The van der Waals surface area contributed by atoms with Crippen LogP contribution in [-0.4, -0.2) is 22.8 Å². The van der Waals surface area contributed by atoms with Crippen molar-refractivity contribution in [3.63, 3.8) is 0 Å². The molecule has 1 aliphatic rings. The molecule has 1 aliphatic carbocycles. The van der Waals surface area contributed by atoms with Gasteiger partial charge in [-0.15, -0.1) is 0 Å². The number of nitrogens with two attached hydrogens (primary N) is 1. The number of nitrogens with zero attached hydrogens (tertiary/aromatic N) is 2. The number of carbonyl (C=O) groups excluding carboxylic acids is 2. The predicted octanol–water partition coefficient (Wildman–Crippen LogP) is 2.92. The van der Waals surface area contributed by atoms with Gasteiger partial charge in [-0.3, -0.25) is 14.6 Å². The molecule has 0 fully saturated rings. The van der Waals surface area contributed by atoms with Crippen LogP contribution in [0.3, 0.4) is 0 Å². The van der Waals surface area contributed by atoms with Crippen molar-refractivity contribution in [2.45, 2.75) is 31.9 Å². The Morgan fingerprint density at radius 2 is 2.03 bits per heavy atom. The van der Waals surface area contributed by atoms with Crippen LogP contribution >= 0.6 is 0 Å². The summed E-state index contributed by atoms with van der Waals surface area (Å²) >= 11 is 0. The third kappa shape index (κ3) is 4.93. The molecule has 0 radical (unpaired) electrons. The van der Waals surface area contributed by atoms with Crippen LogP contribution in [0.4, 0.5) is 0 Å². The fourth-order valence-corrected chi connectivity index (χ4v) is 3.81. The third-order valence-electron chi connectivity index (χ3n) is 5.48. The van der Waals surface area contributed by atoms with Crippen LogP contribution in [0.5, 0.6) is 5.75 Å². The lowest BCUT2D eigenvalue weighted by Crippen LogP contribution is -2.38. The molecule has 32 heavy (non-hydrogen) atoms. The number of primary amides is 1. The predicted molar refractivity (Wildman–Crippen MR) is 118 cm³/mol. The second-order valence-electron chi connectivity index (χ2n) is 7.74. The molecule has 4 rings (SSSR count). The number of carbonyl (C=O) groups is 2. The smallest absolute Gasteiger partial charge is 0.267 e. The van der Waals surface area contributed by atoms with Crippen molar-refractivity contribution in [3.05, 3.63) is 94.3 Å². The number of amides is 2. The van der Waals surface area contributed by atoms with Crippen molar-refractivity contribution in [1.29, 1.82) is 5.26 Å². The highest BCUT2D eigenvalue weighted by Crippen LogP contribution is 2.26. The number of fused-ring (bicyclic) bond motifs is 1. The molecule has 7 nitrogen and oxygen atoms in total. The van der Waals surface area contributed by atoms with Crippen molar-refractivity contribution in [2.75, 3.05) is 0 Å². The fourth-order valence-electron chi connectivity index (χ4n) is 3.81. The number of ether oxygens (including phenoxy) is 1. The molecule has 1 atom stereocenters. The number of nitrogens with one attached hydrogen (secondary N) is 1. The third-order valence-corrected chi connectivity index (χ3v) is 5.48. The van der Waals surface area contributed by atoms with Gasteiger partial charge in [-0.1, -0.05) is 12.1 Å². The minimum absolute atomic E-state index is 0.00862. The molecule has 0 saturated carbocycles. The molecule has 160 valence electrons. The summed E-state index contributed by atoms with van der Waals surface area (Å²) in [6.07, 6.45) is 3.96. The zero-order valence-electron chi connectivity index (χ0n) is 17.4. The molecule has 2 amide bonds. The number of nitriles is 1. The van der Waals surface area contributed by atoms with Crippen molar-refractivity contribution in [3.8, 4) is 11.8 Å². The minimum atomic E-state index is -0.576. The van der Waals surface area contributed by atoms with E-state index in [-0.39, 0.29) is 24.2 Å². The summed E-state index contributed by atoms with van der Waals surface area (Å²) in [5, 5.41) is 12.1. The van der Waals surface area contributed by atoms with E-state index in [0.717, 1.165) is 29.7 Å². The van der Waals surface area contributed by atoms with E-state index in [1.165, 1.54) is 11.8 Å². The van der Waals surface area contributed by atoms with Crippen LogP contribution in [0.2, 0.25) is 0 Å². The Labute approximate surface area is 185 Å². The lowest BCUT2D eigenvalue weighted by Gasteiger charge is -2.26. The van der Waals surface area contributed by atoms with Gasteiger partial charge >= 0.3 is 0 Å². The van der Waals surface area contributed by atoms with E-state index in [1.807, 2.05) is 12.1 Å². The van der Waals surface area contributed by atoms with Gasteiger partial charge in [0.05, 0.1) is 11.6 Å². The maximum absolute atomic E-state index is 12.6. The van der Waals surface area contributed by atoms with E-state index >= 15 is 0 Å².